The molecule has 0 amide bonds. The van der Waals surface area contributed by atoms with E-state index < -0.39 is 0 Å². The molecule has 96 valence electrons. The molecule has 0 saturated heterocycles. The zero-order valence-corrected chi connectivity index (χ0v) is 12.0. The molecule has 0 spiro atoms. The predicted octanol–water partition coefficient (Wildman–Crippen LogP) is 3.79. The van der Waals surface area contributed by atoms with Crippen molar-refractivity contribution in [1.82, 2.24) is 10.3 Å². The van der Waals surface area contributed by atoms with E-state index in [4.69, 9.17) is 0 Å². The maximum absolute atomic E-state index is 4.59. The topological polar surface area (TPSA) is 24.9 Å². The molecular formula is C14H24N2S. The molecule has 2 unspecified atom stereocenters. The summed E-state index contributed by atoms with van der Waals surface area (Å²) in [7, 11) is 0. The molecule has 0 aromatic carbocycles. The monoisotopic (exact) mass is 252 g/mol. The lowest BCUT2D eigenvalue weighted by Crippen LogP contribution is -2.48. The molecule has 17 heavy (non-hydrogen) atoms. The van der Waals surface area contributed by atoms with Crippen LogP contribution in [-0.2, 0) is 5.54 Å². The lowest BCUT2D eigenvalue weighted by molar-refractivity contribution is 0.143. The van der Waals surface area contributed by atoms with Gasteiger partial charge in [0.15, 0.2) is 0 Å². The summed E-state index contributed by atoms with van der Waals surface area (Å²) in [6, 6.07) is 0. The van der Waals surface area contributed by atoms with Gasteiger partial charge in [-0.05, 0) is 44.1 Å². The van der Waals surface area contributed by atoms with Crippen molar-refractivity contribution in [3.05, 3.63) is 16.6 Å². The van der Waals surface area contributed by atoms with Crippen molar-refractivity contribution in [2.45, 2.75) is 52.0 Å². The maximum atomic E-state index is 4.59. The van der Waals surface area contributed by atoms with Gasteiger partial charge in [-0.25, -0.2) is 4.98 Å². The van der Waals surface area contributed by atoms with E-state index in [0.717, 1.165) is 18.4 Å². The minimum atomic E-state index is 0.154. The molecule has 0 radical (unpaired) electrons. The number of hydrogen-bond acceptors (Lipinski definition) is 3. The fraction of sp³-hybridized carbons (Fsp3) is 0.786. The lowest BCUT2D eigenvalue weighted by atomic mass is 9.72. The van der Waals surface area contributed by atoms with Gasteiger partial charge in [-0.1, -0.05) is 20.8 Å². The average molecular weight is 252 g/mol. The molecule has 1 saturated carbocycles. The third-order valence-corrected chi connectivity index (χ3v) is 4.73. The molecule has 3 heteroatoms. The molecule has 1 aliphatic carbocycles. The number of rotatable bonds is 4. The van der Waals surface area contributed by atoms with Crippen LogP contribution < -0.4 is 5.32 Å². The molecule has 1 aromatic rings. The van der Waals surface area contributed by atoms with Crippen molar-refractivity contribution in [2.24, 2.45) is 11.8 Å². The molecule has 2 atom stereocenters. The van der Waals surface area contributed by atoms with Gasteiger partial charge >= 0.3 is 0 Å². The number of aromatic nitrogens is 1. The van der Waals surface area contributed by atoms with E-state index in [2.05, 4.69) is 36.5 Å². The van der Waals surface area contributed by atoms with Crippen molar-refractivity contribution in [3.63, 3.8) is 0 Å². The average Bonchev–Trinajstić information content (AvgIpc) is 2.79. The summed E-state index contributed by atoms with van der Waals surface area (Å²) >= 11 is 1.81. The number of nitrogens with zero attached hydrogens (tertiary/aromatic N) is 1. The van der Waals surface area contributed by atoms with Crippen LogP contribution in [0, 0.1) is 11.8 Å². The predicted molar refractivity (Wildman–Crippen MR) is 74.3 cm³/mol. The van der Waals surface area contributed by atoms with E-state index >= 15 is 0 Å². The lowest BCUT2D eigenvalue weighted by Gasteiger charge is -2.42. The molecule has 1 N–H and O–H groups in total. The van der Waals surface area contributed by atoms with Crippen molar-refractivity contribution in [3.8, 4) is 0 Å². The Balaban J connectivity index is 2.23. The van der Waals surface area contributed by atoms with Gasteiger partial charge in [-0.2, -0.15) is 0 Å². The third kappa shape index (κ3) is 2.89. The van der Waals surface area contributed by atoms with E-state index in [1.54, 1.807) is 0 Å². The van der Waals surface area contributed by atoms with E-state index in [0.29, 0.717) is 0 Å². The quantitative estimate of drug-likeness (QED) is 0.882. The summed E-state index contributed by atoms with van der Waals surface area (Å²) in [5.41, 5.74) is 0.154. The van der Waals surface area contributed by atoms with E-state index in [1.165, 1.54) is 30.7 Å². The van der Waals surface area contributed by atoms with E-state index in [1.807, 2.05) is 17.5 Å². The van der Waals surface area contributed by atoms with Gasteiger partial charge in [0, 0.05) is 11.6 Å². The van der Waals surface area contributed by atoms with Gasteiger partial charge in [0.2, 0.25) is 0 Å². The molecule has 0 bridgehead atoms. The highest BCUT2D eigenvalue weighted by molar-refractivity contribution is 7.09. The number of nitrogens with one attached hydrogen (secondary N) is 1. The van der Waals surface area contributed by atoms with Gasteiger partial charge in [0.25, 0.3) is 0 Å². The number of thiazole rings is 1. The van der Waals surface area contributed by atoms with Gasteiger partial charge in [-0.15, -0.1) is 11.3 Å². The molecule has 1 heterocycles. The summed E-state index contributed by atoms with van der Waals surface area (Å²) in [4.78, 5) is 4.59. The summed E-state index contributed by atoms with van der Waals surface area (Å²) in [6.07, 6.45) is 6.98. The van der Waals surface area contributed by atoms with Crippen molar-refractivity contribution in [1.29, 1.82) is 0 Å². The second kappa shape index (κ2) is 5.49. The maximum Gasteiger partial charge on any atom is 0.113 e. The van der Waals surface area contributed by atoms with Crippen molar-refractivity contribution < 1.29 is 0 Å². The van der Waals surface area contributed by atoms with E-state index in [-0.39, 0.29) is 5.54 Å². The van der Waals surface area contributed by atoms with Crippen LogP contribution in [0.5, 0.6) is 0 Å². The Morgan fingerprint density at radius 3 is 2.65 bits per heavy atom. The van der Waals surface area contributed by atoms with Crippen LogP contribution >= 0.6 is 11.3 Å². The second-order valence-electron chi connectivity index (χ2n) is 5.70. The molecule has 1 aromatic heterocycles. The Morgan fingerprint density at radius 2 is 2.12 bits per heavy atom. The zero-order valence-electron chi connectivity index (χ0n) is 11.2. The van der Waals surface area contributed by atoms with Crippen LogP contribution in [0.1, 0.15) is 51.5 Å². The smallest absolute Gasteiger partial charge is 0.113 e. The fourth-order valence-corrected chi connectivity index (χ4v) is 4.18. The fourth-order valence-electron chi connectivity index (χ4n) is 3.35. The molecule has 0 aliphatic heterocycles. The van der Waals surface area contributed by atoms with Gasteiger partial charge in [0.1, 0.15) is 5.01 Å². The highest BCUT2D eigenvalue weighted by atomic mass is 32.1. The normalized spacial score (nSPS) is 33.8. The minimum absolute atomic E-state index is 0.154. The Bertz CT molecular complexity index is 324. The second-order valence-corrected chi connectivity index (χ2v) is 6.60. The van der Waals surface area contributed by atoms with Crippen LogP contribution in [0.2, 0.25) is 0 Å². The van der Waals surface area contributed by atoms with Crippen LogP contribution in [0.15, 0.2) is 11.6 Å². The summed E-state index contributed by atoms with van der Waals surface area (Å²) < 4.78 is 0. The van der Waals surface area contributed by atoms with Crippen molar-refractivity contribution in [2.75, 3.05) is 6.54 Å². The third-order valence-electron chi connectivity index (χ3n) is 3.75. The summed E-state index contributed by atoms with van der Waals surface area (Å²) in [5, 5.41) is 7.20. The minimum Gasteiger partial charge on any atom is -0.305 e. The van der Waals surface area contributed by atoms with Crippen LogP contribution in [-0.4, -0.2) is 11.5 Å². The Hall–Kier alpha value is -0.410. The zero-order chi connectivity index (χ0) is 12.3. The first kappa shape index (κ1) is 13.0. The number of hydrogen-bond donors (Lipinski definition) is 1. The summed E-state index contributed by atoms with van der Waals surface area (Å²) in [5.74, 6) is 1.60. The van der Waals surface area contributed by atoms with Crippen molar-refractivity contribution >= 4 is 11.3 Å². The first-order valence-electron chi connectivity index (χ1n) is 6.81. The molecule has 1 fully saturated rings. The Kier molecular flexibility index (Phi) is 4.21. The summed E-state index contributed by atoms with van der Waals surface area (Å²) in [6.45, 7) is 8.09. The highest BCUT2D eigenvalue weighted by Crippen LogP contribution is 2.43. The van der Waals surface area contributed by atoms with Gasteiger partial charge in [0.05, 0.1) is 5.54 Å². The molecule has 1 aliphatic rings. The molecule has 2 nitrogen and oxygen atoms in total. The SMILES string of the molecule is CCCNC1(c2nccs2)CC(C)CC(C)C1. The van der Waals surface area contributed by atoms with Crippen LogP contribution in [0.4, 0.5) is 0 Å². The molecule has 2 rings (SSSR count). The largest absolute Gasteiger partial charge is 0.305 e. The Morgan fingerprint density at radius 1 is 1.41 bits per heavy atom. The Labute approximate surface area is 109 Å². The first-order chi connectivity index (χ1) is 8.16. The van der Waals surface area contributed by atoms with Crippen LogP contribution in [0.3, 0.4) is 0 Å². The molecular weight excluding hydrogens is 228 g/mol. The van der Waals surface area contributed by atoms with Gasteiger partial charge < -0.3 is 5.32 Å². The standard InChI is InChI=1S/C14H24N2S/c1-4-5-16-14(13-15-6-7-17-13)9-11(2)8-12(3)10-14/h6-7,11-12,16H,4-5,8-10H2,1-3H3. The van der Waals surface area contributed by atoms with Crippen LogP contribution in [0.25, 0.3) is 0 Å². The van der Waals surface area contributed by atoms with Gasteiger partial charge in [-0.3, -0.25) is 0 Å². The first-order valence-corrected chi connectivity index (χ1v) is 7.69. The van der Waals surface area contributed by atoms with E-state index in [9.17, 15) is 0 Å². The highest BCUT2D eigenvalue weighted by Gasteiger charge is 2.40.